The number of Topliss-reactive ketones (excluding diaryl/α,β-unsaturated/α-hetero) is 1. The molecule has 5 nitrogen and oxygen atoms in total. The zero-order valence-electron chi connectivity index (χ0n) is 14.4. The summed E-state index contributed by atoms with van der Waals surface area (Å²) in [4.78, 5) is 26.3. The Morgan fingerprint density at radius 2 is 1.92 bits per heavy atom. The molecule has 1 aromatic rings. The molecule has 0 aliphatic carbocycles. The van der Waals surface area contributed by atoms with E-state index < -0.39 is 17.5 Å². The number of nitriles is 1. The molecule has 0 aromatic heterocycles. The number of hydrogen-bond donors (Lipinski definition) is 0. The predicted molar refractivity (Wildman–Crippen MR) is 93.7 cm³/mol. The molecular weight excluding hydrogens is 391 g/mol. The van der Waals surface area contributed by atoms with Gasteiger partial charge in [0.2, 0.25) is 0 Å². The lowest BCUT2D eigenvalue weighted by molar-refractivity contribution is 0.0182. The van der Waals surface area contributed by atoms with Crippen molar-refractivity contribution in [2.45, 2.75) is 39.2 Å². The Morgan fingerprint density at radius 3 is 2.44 bits per heavy atom. The Kier molecular flexibility index (Phi) is 5.83. The highest BCUT2D eigenvalue weighted by atomic mass is 79.9. The van der Waals surface area contributed by atoms with E-state index >= 15 is 0 Å². The topological polar surface area (TPSA) is 70.4 Å². The summed E-state index contributed by atoms with van der Waals surface area (Å²) in [6, 6.07) is 4.50. The SMILES string of the molecule is CC(C)(C)OC(=O)N1CCC(C(=O)c2cc(Br)cc(C#N)c2F)CC1. The van der Waals surface area contributed by atoms with Crippen LogP contribution in [-0.4, -0.2) is 35.5 Å². The van der Waals surface area contributed by atoms with E-state index in [2.05, 4.69) is 15.9 Å². The molecule has 0 bridgehead atoms. The quantitative estimate of drug-likeness (QED) is 0.681. The van der Waals surface area contributed by atoms with Gasteiger partial charge in [-0.1, -0.05) is 15.9 Å². The molecule has 1 amide bonds. The molecule has 1 aliphatic heterocycles. The van der Waals surface area contributed by atoms with Gasteiger partial charge < -0.3 is 9.64 Å². The maximum Gasteiger partial charge on any atom is 0.410 e. The number of benzene rings is 1. The number of carbonyl (C=O) groups is 2. The zero-order chi connectivity index (χ0) is 18.8. The van der Waals surface area contributed by atoms with Crippen LogP contribution in [0.3, 0.4) is 0 Å². The van der Waals surface area contributed by atoms with Crippen LogP contribution < -0.4 is 0 Å². The second kappa shape index (κ2) is 7.52. The third kappa shape index (κ3) is 4.79. The van der Waals surface area contributed by atoms with Gasteiger partial charge >= 0.3 is 6.09 Å². The minimum Gasteiger partial charge on any atom is -0.444 e. The molecule has 0 spiro atoms. The van der Waals surface area contributed by atoms with Gasteiger partial charge in [-0.2, -0.15) is 5.26 Å². The van der Waals surface area contributed by atoms with E-state index in [0.29, 0.717) is 30.4 Å². The summed E-state index contributed by atoms with van der Waals surface area (Å²) in [5.74, 6) is -1.50. The van der Waals surface area contributed by atoms with E-state index in [1.165, 1.54) is 12.1 Å². The molecule has 0 radical (unpaired) electrons. The number of ether oxygens (including phenoxy) is 1. The normalized spacial score (nSPS) is 15.6. The minimum atomic E-state index is -0.787. The van der Waals surface area contributed by atoms with E-state index in [1.807, 2.05) is 0 Å². The van der Waals surface area contributed by atoms with Crippen molar-refractivity contribution in [1.29, 1.82) is 5.26 Å². The lowest BCUT2D eigenvalue weighted by Gasteiger charge is -2.33. The van der Waals surface area contributed by atoms with Crippen LogP contribution in [0.2, 0.25) is 0 Å². The van der Waals surface area contributed by atoms with Crippen LogP contribution in [0.5, 0.6) is 0 Å². The fourth-order valence-corrected chi connectivity index (χ4v) is 3.18. The first kappa shape index (κ1) is 19.4. The summed E-state index contributed by atoms with van der Waals surface area (Å²) in [6.07, 6.45) is 0.469. The van der Waals surface area contributed by atoms with Crippen molar-refractivity contribution in [3.05, 3.63) is 33.5 Å². The second-order valence-electron chi connectivity index (χ2n) is 7.03. The van der Waals surface area contributed by atoms with Gasteiger partial charge in [0.1, 0.15) is 11.7 Å². The smallest absolute Gasteiger partial charge is 0.410 e. The number of likely N-dealkylation sites (tertiary alicyclic amines) is 1. The fourth-order valence-electron chi connectivity index (χ4n) is 2.72. The molecule has 7 heteroatoms. The molecule has 1 aliphatic rings. The average Bonchev–Trinajstić information content (AvgIpc) is 2.54. The highest BCUT2D eigenvalue weighted by molar-refractivity contribution is 9.10. The Bertz CT molecular complexity index is 729. The summed E-state index contributed by atoms with van der Waals surface area (Å²) in [5, 5.41) is 8.97. The first-order valence-electron chi connectivity index (χ1n) is 8.03. The van der Waals surface area contributed by atoms with Crippen molar-refractivity contribution in [3.8, 4) is 6.07 Å². The summed E-state index contributed by atoms with van der Waals surface area (Å²) in [6.45, 7) is 6.15. The van der Waals surface area contributed by atoms with Gasteiger partial charge in [0.05, 0.1) is 11.1 Å². The Balaban J connectivity index is 2.07. The maximum atomic E-state index is 14.3. The summed E-state index contributed by atoms with van der Waals surface area (Å²) < 4.78 is 20.1. The van der Waals surface area contributed by atoms with Gasteiger partial charge in [-0.3, -0.25) is 4.79 Å². The summed E-state index contributed by atoms with van der Waals surface area (Å²) in [5.41, 5.74) is -0.817. The number of piperidine rings is 1. The first-order chi connectivity index (χ1) is 11.6. The number of hydrogen-bond acceptors (Lipinski definition) is 4. The van der Waals surface area contributed by atoms with Gasteiger partial charge in [0.15, 0.2) is 11.6 Å². The van der Waals surface area contributed by atoms with Crippen molar-refractivity contribution in [3.63, 3.8) is 0 Å². The van der Waals surface area contributed by atoms with Crippen molar-refractivity contribution in [2.75, 3.05) is 13.1 Å². The summed E-state index contributed by atoms with van der Waals surface area (Å²) >= 11 is 3.20. The van der Waals surface area contributed by atoms with Gasteiger partial charge in [-0.05, 0) is 45.7 Å². The monoisotopic (exact) mass is 410 g/mol. The third-order valence-corrected chi connectivity index (χ3v) is 4.40. The van der Waals surface area contributed by atoms with Crippen LogP contribution in [0.1, 0.15) is 49.5 Å². The number of ketones is 1. The highest BCUT2D eigenvalue weighted by Gasteiger charge is 2.31. The molecule has 1 aromatic carbocycles. The van der Waals surface area contributed by atoms with Crippen LogP contribution >= 0.6 is 15.9 Å². The molecule has 25 heavy (non-hydrogen) atoms. The lowest BCUT2D eigenvalue weighted by atomic mass is 9.88. The number of rotatable bonds is 2. The van der Waals surface area contributed by atoms with Gasteiger partial charge in [-0.15, -0.1) is 0 Å². The zero-order valence-corrected chi connectivity index (χ0v) is 16.0. The van der Waals surface area contributed by atoms with Crippen LogP contribution in [0.4, 0.5) is 9.18 Å². The Hall–Kier alpha value is -1.94. The number of halogens is 2. The average molecular weight is 411 g/mol. The minimum absolute atomic E-state index is 0.0818. The predicted octanol–water partition coefficient (Wildman–Crippen LogP) is 4.29. The maximum absolute atomic E-state index is 14.3. The van der Waals surface area contributed by atoms with Crippen molar-refractivity contribution in [1.82, 2.24) is 4.90 Å². The van der Waals surface area contributed by atoms with Crippen molar-refractivity contribution in [2.24, 2.45) is 5.92 Å². The lowest BCUT2D eigenvalue weighted by Crippen LogP contribution is -2.43. The van der Waals surface area contributed by atoms with Crippen LogP contribution in [-0.2, 0) is 4.74 Å². The molecule has 1 heterocycles. The molecule has 0 saturated carbocycles. The standard InChI is InChI=1S/C18H20BrFN2O3/c1-18(2,3)25-17(24)22-6-4-11(5-7-22)16(23)14-9-13(19)8-12(10-21)15(14)20/h8-9,11H,4-7H2,1-3H3. The number of carbonyl (C=O) groups excluding carboxylic acids is 2. The fraction of sp³-hybridized carbons (Fsp3) is 0.500. The molecule has 0 atom stereocenters. The van der Waals surface area contributed by atoms with E-state index in [4.69, 9.17) is 10.00 Å². The molecule has 1 fully saturated rings. The van der Waals surface area contributed by atoms with E-state index in [0.717, 1.165) is 0 Å². The summed E-state index contributed by atoms with van der Waals surface area (Å²) in [7, 11) is 0. The number of nitrogens with zero attached hydrogens (tertiary/aromatic N) is 2. The Labute approximate surface area is 154 Å². The molecule has 1 saturated heterocycles. The molecular formula is C18H20BrFN2O3. The van der Waals surface area contributed by atoms with Crippen molar-refractivity contribution < 1.29 is 18.7 Å². The molecule has 0 unspecified atom stereocenters. The van der Waals surface area contributed by atoms with E-state index in [9.17, 15) is 14.0 Å². The van der Waals surface area contributed by atoms with Gasteiger partial charge in [0.25, 0.3) is 0 Å². The van der Waals surface area contributed by atoms with Gasteiger partial charge in [-0.25, -0.2) is 9.18 Å². The van der Waals surface area contributed by atoms with Crippen molar-refractivity contribution >= 4 is 27.8 Å². The Morgan fingerprint density at radius 1 is 1.32 bits per heavy atom. The third-order valence-electron chi connectivity index (χ3n) is 3.94. The van der Waals surface area contributed by atoms with Gasteiger partial charge in [0, 0.05) is 23.5 Å². The second-order valence-corrected chi connectivity index (χ2v) is 7.95. The van der Waals surface area contributed by atoms with E-state index in [1.54, 1.807) is 31.7 Å². The van der Waals surface area contributed by atoms with Crippen LogP contribution in [0, 0.1) is 23.1 Å². The van der Waals surface area contributed by atoms with Crippen LogP contribution in [0.25, 0.3) is 0 Å². The number of amides is 1. The molecule has 2 rings (SSSR count). The highest BCUT2D eigenvalue weighted by Crippen LogP contribution is 2.27. The molecule has 134 valence electrons. The largest absolute Gasteiger partial charge is 0.444 e. The first-order valence-corrected chi connectivity index (χ1v) is 8.83. The molecule has 0 N–H and O–H groups in total. The van der Waals surface area contributed by atoms with Crippen LogP contribution in [0.15, 0.2) is 16.6 Å². The van der Waals surface area contributed by atoms with E-state index in [-0.39, 0.29) is 22.8 Å².